The number of benzene rings is 2. The Balaban J connectivity index is 1.44. The summed E-state index contributed by atoms with van der Waals surface area (Å²) in [5.74, 6) is 0.805. The van der Waals surface area contributed by atoms with Crippen LogP contribution < -0.4 is 5.30 Å². The third kappa shape index (κ3) is 4.55. The van der Waals surface area contributed by atoms with Gasteiger partial charge in [0.05, 0.1) is 0 Å². The lowest BCUT2D eigenvalue weighted by Crippen LogP contribution is -2.24. The topological polar surface area (TPSA) is 0 Å². The molecule has 0 amide bonds. The minimum absolute atomic E-state index is 0.110. The summed E-state index contributed by atoms with van der Waals surface area (Å²) < 4.78 is 42.1. The van der Waals surface area contributed by atoms with Crippen molar-refractivity contribution in [2.24, 2.45) is 17.8 Å². The summed E-state index contributed by atoms with van der Waals surface area (Å²) in [6, 6.07) is 7.83. The van der Waals surface area contributed by atoms with Crippen LogP contribution in [0.25, 0.3) is 11.1 Å². The van der Waals surface area contributed by atoms with Crippen molar-refractivity contribution in [1.82, 2.24) is 0 Å². The zero-order valence-corrected chi connectivity index (χ0v) is 18.2. The van der Waals surface area contributed by atoms with E-state index in [1.54, 1.807) is 12.1 Å². The Hall–Kier alpha value is -1.34. The zero-order chi connectivity index (χ0) is 20.5. The summed E-state index contributed by atoms with van der Waals surface area (Å²) in [5.41, 5.74) is 1.73. The Morgan fingerprint density at radius 2 is 1.38 bits per heavy atom. The van der Waals surface area contributed by atoms with Crippen molar-refractivity contribution in [3.8, 4) is 11.1 Å². The van der Waals surface area contributed by atoms with Gasteiger partial charge in [0.15, 0.2) is 11.6 Å². The summed E-state index contributed by atoms with van der Waals surface area (Å²) in [5, 5.41) is 0.110. The zero-order valence-electron chi connectivity index (χ0n) is 17.1. The Bertz CT molecular complexity index is 839. The molecule has 4 heteroatoms. The largest absolute Gasteiger partial charge is 0.206 e. The molecule has 0 nitrogen and oxygen atoms in total. The first kappa shape index (κ1) is 20.9. The van der Waals surface area contributed by atoms with Gasteiger partial charge in [0.25, 0.3) is 0 Å². The van der Waals surface area contributed by atoms with Gasteiger partial charge in [0, 0.05) is 10.9 Å². The van der Waals surface area contributed by atoms with Crippen molar-refractivity contribution in [3.05, 3.63) is 53.3 Å². The summed E-state index contributed by atoms with van der Waals surface area (Å²) in [6.45, 7) is 2.37. The van der Waals surface area contributed by atoms with Gasteiger partial charge in [0.1, 0.15) is 5.82 Å². The number of rotatable bonds is 3. The van der Waals surface area contributed by atoms with Crippen LogP contribution >= 0.6 is 9.24 Å². The molecule has 2 aliphatic rings. The summed E-state index contributed by atoms with van der Waals surface area (Å²) >= 11 is 0. The van der Waals surface area contributed by atoms with Crippen LogP contribution in [-0.4, -0.2) is 0 Å². The molecule has 0 saturated heterocycles. The van der Waals surface area contributed by atoms with Crippen LogP contribution in [-0.2, 0) is 0 Å². The molecule has 0 N–H and O–H groups in total. The minimum atomic E-state index is -0.952. The molecule has 156 valence electrons. The summed E-state index contributed by atoms with van der Waals surface area (Å²) in [4.78, 5) is 0. The smallest absolute Gasteiger partial charge is 0.165 e. The van der Waals surface area contributed by atoms with Crippen LogP contribution in [0.1, 0.15) is 69.8 Å². The Labute approximate surface area is 174 Å². The van der Waals surface area contributed by atoms with Gasteiger partial charge >= 0.3 is 0 Å². The lowest BCUT2D eigenvalue weighted by atomic mass is 9.68. The molecular weight excluding hydrogens is 388 g/mol. The van der Waals surface area contributed by atoms with Gasteiger partial charge in [-0.1, -0.05) is 31.9 Å². The SMILES string of the molecule is CC1CCC(C2CCC(c3ccc(-c4cc(F)c(F)c(P)c4)c(F)c3)CC2)CC1. The molecule has 0 radical (unpaired) electrons. The van der Waals surface area contributed by atoms with Crippen molar-refractivity contribution in [2.45, 2.75) is 64.2 Å². The van der Waals surface area contributed by atoms with E-state index in [2.05, 4.69) is 16.2 Å². The number of halogens is 3. The highest BCUT2D eigenvalue weighted by Crippen LogP contribution is 2.44. The van der Waals surface area contributed by atoms with Gasteiger partial charge in [-0.2, -0.15) is 0 Å². The summed E-state index contributed by atoms with van der Waals surface area (Å²) in [6.07, 6.45) is 10.2. The van der Waals surface area contributed by atoms with E-state index in [0.29, 0.717) is 17.0 Å². The van der Waals surface area contributed by atoms with Gasteiger partial charge in [-0.15, -0.1) is 9.24 Å². The first-order chi connectivity index (χ1) is 13.9. The van der Waals surface area contributed by atoms with E-state index in [9.17, 15) is 13.2 Å². The second kappa shape index (κ2) is 8.80. The molecule has 0 spiro atoms. The number of hydrogen-bond donors (Lipinski definition) is 0. The van der Waals surface area contributed by atoms with Crippen molar-refractivity contribution in [3.63, 3.8) is 0 Å². The highest BCUT2D eigenvalue weighted by molar-refractivity contribution is 7.27. The van der Waals surface area contributed by atoms with Crippen LogP contribution in [0.15, 0.2) is 30.3 Å². The van der Waals surface area contributed by atoms with E-state index in [4.69, 9.17) is 0 Å². The Morgan fingerprint density at radius 1 is 0.759 bits per heavy atom. The molecule has 2 aromatic carbocycles. The monoisotopic (exact) mass is 418 g/mol. The molecule has 1 atom stereocenters. The second-order valence-electron chi connectivity index (χ2n) is 9.23. The fourth-order valence-corrected chi connectivity index (χ4v) is 5.78. The maximum Gasteiger partial charge on any atom is 0.165 e. The molecule has 2 saturated carbocycles. The normalized spacial score (nSPS) is 27.8. The van der Waals surface area contributed by atoms with E-state index >= 15 is 0 Å². The maximum absolute atomic E-state index is 14.8. The first-order valence-electron chi connectivity index (χ1n) is 11.0. The fourth-order valence-electron chi connectivity index (χ4n) is 5.47. The van der Waals surface area contributed by atoms with E-state index in [1.807, 2.05) is 6.07 Å². The van der Waals surface area contributed by atoms with Crippen molar-refractivity contribution in [1.29, 1.82) is 0 Å². The van der Waals surface area contributed by atoms with Crippen molar-refractivity contribution >= 4 is 14.5 Å². The molecule has 1 unspecified atom stereocenters. The molecule has 2 aliphatic carbocycles. The van der Waals surface area contributed by atoms with Crippen molar-refractivity contribution < 1.29 is 13.2 Å². The van der Waals surface area contributed by atoms with Gasteiger partial charge in [0.2, 0.25) is 0 Å². The maximum atomic E-state index is 14.8. The predicted molar refractivity (Wildman–Crippen MR) is 117 cm³/mol. The molecular formula is C25H30F3P. The fraction of sp³-hybridized carbons (Fsp3) is 0.520. The lowest BCUT2D eigenvalue weighted by molar-refractivity contribution is 0.165. The van der Waals surface area contributed by atoms with Crippen molar-refractivity contribution in [2.75, 3.05) is 0 Å². The summed E-state index contributed by atoms with van der Waals surface area (Å²) in [7, 11) is 2.17. The average molecular weight is 418 g/mol. The van der Waals surface area contributed by atoms with Crippen LogP contribution in [0.3, 0.4) is 0 Å². The van der Waals surface area contributed by atoms with Crippen LogP contribution in [0.5, 0.6) is 0 Å². The van der Waals surface area contributed by atoms with E-state index in [-0.39, 0.29) is 11.1 Å². The molecule has 0 aromatic heterocycles. The average Bonchev–Trinajstić information content (AvgIpc) is 2.72. The minimum Gasteiger partial charge on any atom is -0.206 e. The molecule has 0 bridgehead atoms. The van der Waals surface area contributed by atoms with Gasteiger partial charge < -0.3 is 0 Å². The van der Waals surface area contributed by atoms with Crippen LogP contribution in [0.4, 0.5) is 13.2 Å². The van der Waals surface area contributed by atoms with Gasteiger partial charge in [-0.25, -0.2) is 13.2 Å². The third-order valence-electron chi connectivity index (χ3n) is 7.33. The van der Waals surface area contributed by atoms with E-state index < -0.39 is 11.6 Å². The Morgan fingerprint density at radius 3 is 1.97 bits per heavy atom. The quantitative estimate of drug-likeness (QED) is 0.457. The third-order valence-corrected chi connectivity index (χ3v) is 7.75. The standard InChI is InChI=1S/C25H30F3P/c1-15-2-4-16(5-3-15)17-6-8-18(9-7-17)19-10-11-21(22(26)12-19)20-13-23(27)25(28)24(29)14-20/h10-18H,2-9,29H2,1H3. The predicted octanol–water partition coefficient (Wildman–Crippen LogP) is 7.37. The van der Waals surface area contributed by atoms with E-state index in [0.717, 1.165) is 42.2 Å². The van der Waals surface area contributed by atoms with Crippen LogP contribution in [0.2, 0.25) is 0 Å². The molecule has 2 aromatic rings. The highest BCUT2D eigenvalue weighted by Gasteiger charge is 2.30. The lowest BCUT2D eigenvalue weighted by Gasteiger charge is -2.37. The Kier molecular flexibility index (Phi) is 6.35. The molecule has 29 heavy (non-hydrogen) atoms. The van der Waals surface area contributed by atoms with Gasteiger partial charge in [-0.3, -0.25) is 0 Å². The highest BCUT2D eigenvalue weighted by atomic mass is 31.0. The number of hydrogen-bond acceptors (Lipinski definition) is 0. The molecule has 0 heterocycles. The molecule has 2 fully saturated rings. The van der Waals surface area contributed by atoms with E-state index in [1.165, 1.54) is 44.6 Å². The molecule has 0 aliphatic heterocycles. The second-order valence-corrected chi connectivity index (χ2v) is 9.85. The van der Waals surface area contributed by atoms with Gasteiger partial charge in [-0.05, 0) is 91.5 Å². The molecule has 4 rings (SSSR count). The first-order valence-corrected chi connectivity index (χ1v) is 11.5. The van der Waals surface area contributed by atoms with Crippen LogP contribution in [0, 0.1) is 35.2 Å².